The number of guanidine groups is 1. The predicted octanol–water partition coefficient (Wildman–Crippen LogP) is 2.28. The highest BCUT2D eigenvalue weighted by atomic mass is 32.2. The summed E-state index contributed by atoms with van der Waals surface area (Å²) in [6, 6.07) is 6.99. The highest BCUT2D eigenvalue weighted by molar-refractivity contribution is 7.98. The molecule has 0 amide bonds. The molecule has 0 radical (unpaired) electrons. The van der Waals surface area contributed by atoms with Crippen molar-refractivity contribution in [1.82, 2.24) is 10.2 Å². The molecule has 122 valence electrons. The number of halogens is 1. The first-order chi connectivity index (χ1) is 10.8. The number of piperazine rings is 1. The Hall–Kier alpha value is -1.43. The molecule has 0 bridgehead atoms. The van der Waals surface area contributed by atoms with Crippen molar-refractivity contribution in [3.05, 3.63) is 30.1 Å². The summed E-state index contributed by atoms with van der Waals surface area (Å²) in [6.45, 7) is 4.28. The summed E-state index contributed by atoms with van der Waals surface area (Å²) >= 11 is 1.86. The summed E-state index contributed by atoms with van der Waals surface area (Å²) < 4.78 is 13.8. The lowest BCUT2D eigenvalue weighted by Gasteiger charge is -2.37. The molecule has 6 heteroatoms. The normalized spacial score (nSPS) is 16.0. The summed E-state index contributed by atoms with van der Waals surface area (Å²) in [5, 5.41) is 3.41. The van der Waals surface area contributed by atoms with Crippen LogP contribution in [0.3, 0.4) is 0 Å². The highest BCUT2D eigenvalue weighted by Crippen LogP contribution is 2.20. The summed E-state index contributed by atoms with van der Waals surface area (Å²) in [6.07, 6.45) is 3.26. The van der Waals surface area contributed by atoms with E-state index >= 15 is 0 Å². The predicted molar refractivity (Wildman–Crippen MR) is 94.5 cm³/mol. The van der Waals surface area contributed by atoms with E-state index in [1.165, 1.54) is 6.07 Å². The average molecular weight is 324 g/mol. The summed E-state index contributed by atoms with van der Waals surface area (Å²) in [4.78, 5) is 8.71. The molecular weight excluding hydrogens is 299 g/mol. The topological polar surface area (TPSA) is 30.9 Å². The van der Waals surface area contributed by atoms with Gasteiger partial charge >= 0.3 is 0 Å². The van der Waals surface area contributed by atoms with Gasteiger partial charge in [-0.1, -0.05) is 12.1 Å². The largest absolute Gasteiger partial charge is 0.366 e. The maximum absolute atomic E-state index is 13.8. The Bertz CT molecular complexity index is 487. The Kier molecular flexibility index (Phi) is 6.83. The van der Waals surface area contributed by atoms with Gasteiger partial charge in [0.15, 0.2) is 5.96 Å². The molecule has 4 nitrogen and oxygen atoms in total. The number of rotatable bonds is 5. The summed E-state index contributed by atoms with van der Waals surface area (Å²) in [5.74, 6) is 1.97. The first-order valence-electron chi connectivity index (χ1n) is 7.70. The molecule has 1 fully saturated rings. The summed E-state index contributed by atoms with van der Waals surface area (Å²) in [7, 11) is 1.82. The van der Waals surface area contributed by atoms with Crippen LogP contribution in [0.4, 0.5) is 10.1 Å². The zero-order chi connectivity index (χ0) is 15.8. The molecule has 2 rings (SSSR count). The molecule has 22 heavy (non-hydrogen) atoms. The van der Waals surface area contributed by atoms with E-state index in [1.54, 1.807) is 6.07 Å². The molecule has 1 saturated heterocycles. The maximum atomic E-state index is 13.8. The highest BCUT2D eigenvalue weighted by Gasteiger charge is 2.21. The number of aliphatic imine (C=N–C) groups is 1. The lowest BCUT2D eigenvalue weighted by molar-refractivity contribution is 0.371. The van der Waals surface area contributed by atoms with Crippen molar-refractivity contribution in [2.45, 2.75) is 6.42 Å². The van der Waals surface area contributed by atoms with Crippen LogP contribution in [0.1, 0.15) is 6.42 Å². The average Bonchev–Trinajstić information content (AvgIpc) is 2.56. The smallest absolute Gasteiger partial charge is 0.193 e. The van der Waals surface area contributed by atoms with E-state index in [0.717, 1.165) is 50.9 Å². The van der Waals surface area contributed by atoms with Crippen LogP contribution in [0.25, 0.3) is 0 Å². The Morgan fingerprint density at radius 1 is 1.27 bits per heavy atom. The number of thioether (sulfide) groups is 1. The molecule has 0 atom stereocenters. The van der Waals surface area contributed by atoms with Gasteiger partial charge in [0.1, 0.15) is 5.82 Å². The van der Waals surface area contributed by atoms with Crippen molar-refractivity contribution in [1.29, 1.82) is 0 Å². The zero-order valence-electron chi connectivity index (χ0n) is 13.4. The first-order valence-corrected chi connectivity index (χ1v) is 9.09. The molecule has 1 aromatic rings. The van der Waals surface area contributed by atoms with E-state index < -0.39 is 0 Å². The molecule has 0 spiro atoms. The minimum atomic E-state index is -0.143. The van der Waals surface area contributed by atoms with Gasteiger partial charge in [0.25, 0.3) is 0 Å². The molecular formula is C16H25FN4S. The molecule has 0 saturated carbocycles. The zero-order valence-corrected chi connectivity index (χ0v) is 14.2. The van der Waals surface area contributed by atoms with E-state index in [-0.39, 0.29) is 5.82 Å². The molecule has 1 N–H and O–H groups in total. The van der Waals surface area contributed by atoms with Gasteiger partial charge in [-0.3, -0.25) is 4.99 Å². The van der Waals surface area contributed by atoms with Crippen LogP contribution in [0.15, 0.2) is 29.3 Å². The third-order valence-electron chi connectivity index (χ3n) is 3.79. The first kappa shape index (κ1) is 16.9. The minimum absolute atomic E-state index is 0.143. The van der Waals surface area contributed by atoms with E-state index in [2.05, 4.69) is 26.4 Å². The van der Waals surface area contributed by atoms with Crippen molar-refractivity contribution >= 4 is 23.4 Å². The number of hydrogen-bond acceptors (Lipinski definition) is 3. The van der Waals surface area contributed by atoms with Crippen molar-refractivity contribution in [2.75, 3.05) is 56.7 Å². The van der Waals surface area contributed by atoms with Crippen LogP contribution in [0, 0.1) is 5.82 Å². The second kappa shape index (κ2) is 8.88. The Morgan fingerprint density at radius 2 is 2.00 bits per heavy atom. The fourth-order valence-electron chi connectivity index (χ4n) is 2.62. The molecule has 0 aliphatic carbocycles. The second-order valence-corrected chi connectivity index (χ2v) is 6.23. The van der Waals surface area contributed by atoms with Crippen LogP contribution in [0.2, 0.25) is 0 Å². The van der Waals surface area contributed by atoms with E-state index in [1.807, 2.05) is 30.9 Å². The van der Waals surface area contributed by atoms with Crippen LogP contribution >= 0.6 is 11.8 Å². The van der Waals surface area contributed by atoms with Crippen LogP contribution < -0.4 is 10.2 Å². The van der Waals surface area contributed by atoms with E-state index in [0.29, 0.717) is 5.69 Å². The quantitative estimate of drug-likeness (QED) is 0.511. The monoisotopic (exact) mass is 324 g/mol. The number of hydrogen-bond donors (Lipinski definition) is 1. The van der Waals surface area contributed by atoms with Crippen LogP contribution in [-0.4, -0.2) is 62.6 Å². The van der Waals surface area contributed by atoms with Crippen molar-refractivity contribution < 1.29 is 4.39 Å². The molecule has 0 aromatic heterocycles. The number of nitrogens with zero attached hydrogens (tertiary/aromatic N) is 3. The van der Waals surface area contributed by atoms with Crippen molar-refractivity contribution in [3.8, 4) is 0 Å². The van der Waals surface area contributed by atoms with Crippen LogP contribution in [0.5, 0.6) is 0 Å². The van der Waals surface area contributed by atoms with Gasteiger partial charge in [0, 0.05) is 39.8 Å². The van der Waals surface area contributed by atoms with Gasteiger partial charge in [-0.15, -0.1) is 0 Å². The van der Waals surface area contributed by atoms with E-state index in [4.69, 9.17) is 0 Å². The molecule has 1 aliphatic heterocycles. The maximum Gasteiger partial charge on any atom is 0.193 e. The van der Waals surface area contributed by atoms with Crippen LogP contribution in [-0.2, 0) is 0 Å². The van der Waals surface area contributed by atoms with E-state index in [9.17, 15) is 4.39 Å². The second-order valence-electron chi connectivity index (χ2n) is 5.25. The fraction of sp³-hybridized carbons (Fsp3) is 0.562. The number of para-hydroxylation sites is 1. The molecule has 1 aliphatic rings. The van der Waals surface area contributed by atoms with Gasteiger partial charge in [0.2, 0.25) is 0 Å². The SMILES string of the molecule is CN=C(NCCCSC)N1CCN(c2ccccc2F)CC1. The summed E-state index contributed by atoms with van der Waals surface area (Å²) in [5.41, 5.74) is 0.699. The van der Waals surface area contributed by atoms with Crippen molar-refractivity contribution in [3.63, 3.8) is 0 Å². The molecule has 1 aromatic carbocycles. The fourth-order valence-corrected chi connectivity index (χ4v) is 3.05. The standard InChI is InChI=1S/C16H25FN4S/c1-18-16(19-8-5-13-22-2)21-11-9-20(10-12-21)15-7-4-3-6-14(15)17/h3-4,6-7H,5,8-13H2,1-2H3,(H,18,19). The Balaban J connectivity index is 1.84. The number of nitrogens with one attached hydrogen (secondary N) is 1. The lowest BCUT2D eigenvalue weighted by atomic mass is 10.2. The third kappa shape index (κ3) is 4.53. The number of benzene rings is 1. The Morgan fingerprint density at radius 3 is 2.64 bits per heavy atom. The van der Waals surface area contributed by atoms with Gasteiger partial charge in [0.05, 0.1) is 5.69 Å². The Labute approximate surface area is 136 Å². The van der Waals surface area contributed by atoms with Gasteiger partial charge in [-0.25, -0.2) is 4.39 Å². The number of anilines is 1. The van der Waals surface area contributed by atoms with Gasteiger partial charge < -0.3 is 15.1 Å². The van der Waals surface area contributed by atoms with Crippen molar-refractivity contribution in [2.24, 2.45) is 4.99 Å². The van der Waals surface area contributed by atoms with Gasteiger partial charge in [-0.05, 0) is 30.6 Å². The minimum Gasteiger partial charge on any atom is -0.366 e. The molecule has 1 heterocycles. The van der Waals surface area contributed by atoms with Gasteiger partial charge in [-0.2, -0.15) is 11.8 Å². The lowest BCUT2D eigenvalue weighted by Crippen LogP contribution is -2.52. The third-order valence-corrected chi connectivity index (χ3v) is 4.49. The molecule has 0 unspecified atom stereocenters.